The Hall–Kier alpha value is -0.930. The molecular weight excluding hydrogens is 286 g/mol. The van der Waals surface area contributed by atoms with Crippen LogP contribution in [0.2, 0.25) is 5.02 Å². The van der Waals surface area contributed by atoms with Crippen molar-refractivity contribution >= 4 is 11.6 Å². The maximum atomic E-state index is 6.40. The second-order valence-electron chi connectivity index (χ2n) is 5.31. The Bertz CT molecular complexity index is 431. The first-order chi connectivity index (χ1) is 10.1. The molecule has 0 radical (unpaired) electrons. The van der Waals surface area contributed by atoms with Gasteiger partial charge in [0.05, 0.1) is 14.2 Å². The minimum atomic E-state index is 0.239. The summed E-state index contributed by atoms with van der Waals surface area (Å²) in [6.45, 7) is 4.46. The van der Waals surface area contributed by atoms with Crippen molar-refractivity contribution in [3.63, 3.8) is 0 Å². The average molecular weight is 314 g/mol. The van der Waals surface area contributed by atoms with Crippen molar-refractivity contribution in [3.8, 4) is 11.5 Å². The molecule has 1 rings (SSSR count). The number of nitrogens with one attached hydrogen (secondary N) is 1. The fourth-order valence-electron chi connectivity index (χ4n) is 3.03. The van der Waals surface area contributed by atoms with E-state index in [9.17, 15) is 0 Å². The van der Waals surface area contributed by atoms with Gasteiger partial charge in [-0.1, -0.05) is 38.3 Å². The van der Waals surface area contributed by atoms with E-state index in [0.29, 0.717) is 22.4 Å². The van der Waals surface area contributed by atoms with Gasteiger partial charge in [-0.2, -0.15) is 0 Å². The molecule has 120 valence electrons. The first-order valence-corrected chi connectivity index (χ1v) is 8.09. The smallest absolute Gasteiger partial charge is 0.146 e. The van der Waals surface area contributed by atoms with Gasteiger partial charge in [0.2, 0.25) is 0 Å². The van der Waals surface area contributed by atoms with Crippen molar-refractivity contribution < 1.29 is 9.47 Å². The van der Waals surface area contributed by atoms with Crippen LogP contribution in [0.25, 0.3) is 0 Å². The quantitative estimate of drug-likeness (QED) is 0.708. The van der Waals surface area contributed by atoms with Crippen LogP contribution in [0, 0.1) is 5.92 Å². The molecule has 4 heteroatoms. The zero-order valence-corrected chi connectivity index (χ0v) is 14.6. The summed E-state index contributed by atoms with van der Waals surface area (Å²) in [5.41, 5.74) is 1.11. The molecule has 0 aromatic heterocycles. The van der Waals surface area contributed by atoms with Gasteiger partial charge in [-0.05, 0) is 37.9 Å². The Labute approximate surface area is 134 Å². The minimum absolute atomic E-state index is 0.239. The minimum Gasteiger partial charge on any atom is -0.495 e. The van der Waals surface area contributed by atoms with Crippen molar-refractivity contribution in [2.24, 2.45) is 5.92 Å². The predicted octanol–water partition coefficient (Wildman–Crippen LogP) is 4.83. The van der Waals surface area contributed by atoms with Gasteiger partial charge in [0.25, 0.3) is 0 Å². The Morgan fingerprint density at radius 1 is 1.10 bits per heavy atom. The van der Waals surface area contributed by atoms with Crippen LogP contribution in [-0.2, 0) is 0 Å². The van der Waals surface area contributed by atoms with E-state index in [0.717, 1.165) is 5.56 Å². The van der Waals surface area contributed by atoms with E-state index >= 15 is 0 Å². The van der Waals surface area contributed by atoms with Crippen LogP contribution in [0.5, 0.6) is 11.5 Å². The first-order valence-electron chi connectivity index (χ1n) is 7.72. The fourth-order valence-corrected chi connectivity index (χ4v) is 3.35. The van der Waals surface area contributed by atoms with E-state index in [1.54, 1.807) is 14.2 Å². The second-order valence-corrected chi connectivity index (χ2v) is 5.69. The topological polar surface area (TPSA) is 30.5 Å². The summed E-state index contributed by atoms with van der Waals surface area (Å²) in [7, 11) is 5.28. The lowest BCUT2D eigenvalue weighted by molar-refractivity contribution is 0.316. The number of hydrogen-bond donors (Lipinski definition) is 1. The van der Waals surface area contributed by atoms with Crippen LogP contribution in [0.1, 0.15) is 51.1 Å². The van der Waals surface area contributed by atoms with E-state index in [1.165, 1.54) is 25.7 Å². The van der Waals surface area contributed by atoms with Gasteiger partial charge in [-0.3, -0.25) is 0 Å². The molecule has 0 spiro atoms. The molecule has 1 aromatic rings. The third kappa shape index (κ3) is 4.27. The van der Waals surface area contributed by atoms with Crippen molar-refractivity contribution in [2.45, 2.75) is 45.6 Å². The van der Waals surface area contributed by atoms with Gasteiger partial charge >= 0.3 is 0 Å². The highest BCUT2D eigenvalue weighted by Crippen LogP contribution is 2.42. The molecule has 0 aliphatic carbocycles. The van der Waals surface area contributed by atoms with Crippen molar-refractivity contribution in [1.82, 2.24) is 5.32 Å². The molecule has 1 N–H and O–H groups in total. The molecule has 0 aliphatic heterocycles. The molecule has 1 atom stereocenters. The Balaban J connectivity index is 3.23. The zero-order valence-electron chi connectivity index (χ0n) is 13.8. The van der Waals surface area contributed by atoms with Crippen LogP contribution >= 0.6 is 11.6 Å². The Morgan fingerprint density at radius 3 is 2.14 bits per heavy atom. The van der Waals surface area contributed by atoms with Crippen LogP contribution in [0.15, 0.2) is 12.1 Å². The summed E-state index contributed by atoms with van der Waals surface area (Å²) in [5, 5.41) is 3.99. The Morgan fingerprint density at radius 2 is 1.71 bits per heavy atom. The molecule has 0 fully saturated rings. The van der Waals surface area contributed by atoms with E-state index in [-0.39, 0.29) is 6.04 Å². The molecule has 0 aliphatic rings. The van der Waals surface area contributed by atoms with Gasteiger partial charge in [-0.15, -0.1) is 0 Å². The third-order valence-corrected chi connectivity index (χ3v) is 4.31. The highest BCUT2D eigenvalue weighted by atomic mass is 35.5. The molecule has 21 heavy (non-hydrogen) atoms. The van der Waals surface area contributed by atoms with Crippen molar-refractivity contribution in [1.29, 1.82) is 0 Å². The van der Waals surface area contributed by atoms with Gasteiger partial charge in [0.15, 0.2) is 0 Å². The number of hydrogen-bond acceptors (Lipinski definition) is 3. The lowest BCUT2D eigenvalue weighted by Crippen LogP contribution is -2.26. The van der Waals surface area contributed by atoms with Gasteiger partial charge < -0.3 is 14.8 Å². The van der Waals surface area contributed by atoms with Crippen LogP contribution < -0.4 is 14.8 Å². The number of rotatable bonds is 9. The van der Waals surface area contributed by atoms with Gasteiger partial charge in [0.1, 0.15) is 16.5 Å². The normalized spacial score (nSPS) is 12.5. The predicted molar refractivity (Wildman–Crippen MR) is 89.7 cm³/mol. The van der Waals surface area contributed by atoms with Gasteiger partial charge in [0, 0.05) is 11.6 Å². The van der Waals surface area contributed by atoms with Crippen LogP contribution in [-0.4, -0.2) is 21.3 Å². The summed E-state index contributed by atoms with van der Waals surface area (Å²) < 4.78 is 10.8. The maximum Gasteiger partial charge on any atom is 0.146 e. The monoisotopic (exact) mass is 313 g/mol. The summed E-state index contributed by atoms with van der Waals surface area (Å²) in [6, 6.07) is 4.21. The summed E-state index contributed by atoms with van der Waals surface area (Å²) in [5.74, 6) is 1.94. The Kier molecular flexibility index (Phi) is 7.91. The molecule has 0 heterocycles. The molecule has 0 saturated carbocycles. The number of benzene rings is 1. The van der Waals surface area contributed by atoms with E-state index in [1.807, 2.05) is 13.1 Å². The summed E-state index contributed by atoms with van der Waals surface area (Å²) in [4.78, 5) is 0. The number of halogens is 1. The highest BCUT2D eigenvalue weighted by molar-refractivity contribution is 6.33. The van der Waals surface area contributed by atoms with Crippen LogP contribution in [0.4, 0.5) is 0 Å². The number of methoxy groups -OCH3 is 2. The molecular formula is C17H28ClNO2. The fraction of sp³-hybridized carbons (Fsp3) is 0.647. The van der Waals surface area contributed by atoms with Crippen LogP contribution in [0.3, 0.4) is 0 Å². The van der Waals surface area contributed by atoms with Crippen molar-refractivity contribution in [3.05, 3.63) is 22.7 Å². The molecule has 3 nitrogen and oxygen atoms in total. The summed E-state index contributed by atoms with van der Waals surface area (Å²) >= 11 is 6.40. The third-order valence-electron chi connectivity index (χ3n) is 3.95. The first kappa shape index (κ1) is 18.1. The van der Waals surface area contributed by atoms with Gasteiger partial charge in [-0.25, -0.2) is 0 Å². The maximum absolute atomic E-state index is 6.40. The average Bonchev–Trinajstić information content (AvgIpc) is 2.49. The highest BCUT2D eigenvalue weighted by Gasteiger charge is 2.25. The molecule has 0 amide bonds. The lowest BCUT2D eigenvalue weighted by atomic mass is 9.85. The lowest BCUT2D eigenvalue weighted by Gasteiger charge is -2.29. The largest absolute Gasteiger partial charge is 0.495 e. The standard InChI is InChI=1S/C17H28ClNO2/c1-6-8-12(9-7-2)16(19-3)13-10-11-14(20-4)15(18)17(13)21-5/h10-12,16,19H,6-9H2,1-5H3. The molecule has 0 saturated heterocycles. The van der Waals surface area contributed by atoms with E-state index in [4.69, 9.17) is 21.1 Å². The number of ether oxygens (including phenoxy) is 2. The second kappa shape index (κ2) is 9.16. The van der Waals surface area contributed by atoms with E-state index in [2.05, 4.69) is 25.2 Å². The summed E-state index contributed by atoms with van der Waals surface area (Å²) in [6.07, 6.45) is 4.72. The molecule has 1 aromatic carbocycles. The molecule has 0 bridgehead atoms. The SMILES string of the molecule is CCCC(CCC)C(NC)c1ccc(OC)c(Cl)c1OC. The van der Waals surface area contributed by atoms with E-state index < -0.39 is 0 Å². The molecule has 1 unspecified atom stereocenters. The van der Waals surface area contributed by atoms with Crippen molar-refractivity contribution in [2.75, 3.05) is 21.3 Å². The zero-order chi connectivity index (χ0) is 15.8.